The van der Waals surface area contributed by atoms with Crippen LogP contribution >= 0.6 is 22.5 Å². The van der Waals surface area contributed by atoms with E-state index in [9.17, 15) is 0 Å². The van der Waals surface area contributed by atoms with Crippen molar-refractivity contribution >= 4 is 22.5 Å². The Labute approximate surface area is 380 Å². The van der Waals surface area contributed by atoms with E-state index in [1.165, 1.54) is 11.8 Å². The molecule has 10 aliphatic rings. The van der Waals surface area contributed by atoms with Crippen LogP contribution in [-0.4, -0.2) is 159 Å². The van der Waals surface area contributed by atoms with E-state index in [1.807, 2.05) is 64.2 Å². The first-order valence-corrected chi connectivity index (χ1v) is 25.5. The van der Waals surface area contributed by atoms with E-state index in [0.717, 1.165) is 85.0 Å². The molecular formula is C41H60Fe2N9O4P3+4. The minimum atomic E-state index is -2.70. The third kappa shape index (κ3) is 12.4. The molecule has 0 aromatic rings. The van der Waals surface area contributed by atoms with Crippen LogP contribution in [0.15, 0.2) is 13.5 Å². The van der Waals surface area contributed by atoms with Crippen LogP contribution in [-0.2, 0) is 53.1 Å². The second-order valence-electron chi connectivity index (χ2n) is 14.8. The van der Waals surface area contributed by atoms with Crippen LogP contribution in [0.25, 0.3) is 0 Å². The van der Waals surface area contributed by atoms with Gasteiger partial charge in [-0.15, -0.1) is 0 Å². The Morgan fingerprint density at radius 2 is 0.610 bits per heavy atom. The van der Waals surface area contributed by atoms with Gasteiger partial charge in [0.2, 0.25) is 22.5 Å². The molecule has 4 aliphatic carbocycles. The first-order chi connectivity index (χ1) is 28.2. The molecule has 5 saturated heterocycles. The zero-order valence-corrected chi connectivity index (χ0v) is 38.8. The molecule has 0 aromatic carbocycles. The topological polar surface area (TPSA) is 93.4 Å². The SMILES string of the molecule is [CH]1[CH][CH][CH][CH]1.[CH]1[CH][CH][CH][CH]1.[CH]1[CH][CH][C](CN2CCCN(C[C]3[CH][CH][CH][CH]3)P23=NP(N2CCOCC2)(N2CCOCC2)=NP(N2CCOCC2)(N2CCOCC2)=N3)[CH]1.[Fe+2].[Fe+2]. The van der Waals surface area contributed by atoms with E-state index in [-0.39, 0.29) is 34.1 Å². The molecule has 0 N–H and O–H groups in total. The van der Waals surface area contributed by atoms with Crippen LogP contribution in [0.3, 0.4) is 0 Å². The molecule has 1 spiro atoms. The van der Waals surface area contributed by atoms with Crippen molar-refractivity contribution < 1.29 is 53.1 Å². The molecule has 6 heterocycles. The summed E-state index contributed by atoms with van der Waals surface area (Å²) in [5.41, 5.74) is 0. The number of nitrogens with zero attached hydrogens (tertiary/aromatic N) is 9. The average molecular weight is 948 g/mol. The molecule has 0 amide bonds. The van der Waals surface area contributed by atoms with E-state index >= 15 is 0 Å². The summed E-state index contributed by atoms with van der Waals surface area (Å²) in [5.74, 6) is 2.66. The molecule has 0 atom stereocenters. The zero-order valence-electron chi connectivity index (χ0n) is 33.9. The summed E-state index contributed by atoms with van der Waals surface area (Å²) in [7, 11) is -8.05. The number of hydrogen-bond donors (Lipinski definition) is 0. The Morgan fingerprint density at radius 3 is 0.898 bits per heavy atom. The van der Waals surface area contributed by atoms with Crippen LogP contribution in [0, 0.1) is 127 Å². The molecule has 0 aromatic heterocycles. The fourth-order valence-corrected chi connectivity index (χ4v) is 24.3. The van der Waals surface area contributed by atoms with Crippen LogP contribution in [0.5, 0.6) is 0 Å². The number of hydrogen-bond acceptors (Lipinski definition) is 13. The Balaban J connectivity index is 0.000000428. The smallest absolute Gasteiger partial charge is 0.379 e. The van der Waals surface area contributed by atoms with Crippen molar-refractivity contribution in [1.82, 2.24) is 28.0 Å². The van der Waals surface area contributed by atoms with Crippen LogP contribution in [0.4, 0.5) is 0 Å². The Bertz CT molecular complexity index is 1250. The predicted molar refractivity (Wildman–Crippen MR) is 229 cm³/mol. The molecule has 9 fully saturated rings. The Kier molecular flexibility index (Phi) is 21.3. The Hall–Kier alpha value is 1.33. The van der Waals surface area contributed by atoms with Crippen molar-refractivity contribution in [1.29, 1.82) is 0 Å². The van der Waals surface area contributed by atoms with Crippen molar-refractivity contribution in [2.75, 3.05) is 131 Å². The van der Waals surface area contributed by atoms with Gasteiger partial charge < -0.3 is 18.9 Å². The van der Waals surface area contributed by atoms with E-state index in [4.69, 9.17) is 32.5 Å². The normalized spacial score (nSPS) is 30.1. The monoisotopic (exact) mass is 947 g/mol. The summed E-state index contributed by atoms with van der Waals surface area (Å²) in [6.45, 7) is 15.9. The van der Waals surface area contributed by atoms with Gasteiger partial charge in [-0.05, 0) is 134 Å². The quantitative estimate of drug-likeness (QED) is 0.213. The van der Waals surface area contributed by atoms with Gasteiger partial charge in [0.1, 0.15) is 0 Å². The second kappa shape index (κ2) is 25.3. The number of morpholine rings is 4. The summed E-state index contributed by atoms with van der Waals surface area (Å²) in [4.78, 5) is 0. The molecular weight excluding hydrogens is 887 g/mol. The minimum absolute atomic E-state index is 0. The summed E-state index contributed by atoms with van der Waals surface area (Å²) >= 11 is 0. The van der Waals surface area contributed by atoms with Crippen molar-refractivity contribution in [3.8, 4) is 0 Å². The van der Waals surface area contributed by atoms with Crippen molar-refractivity contribution in [3.63, 3.8) is 0 Å². The van der Waals surface area contributed by atoms with E-state index in [0.29, 0.717) is 52.9 Å². The van der Waals surface area contributed by atoms with Crippen LogP contribution < -0.4 is 0 Å². The van der Waals surface area contributed by atoms with Crippen molar-refractivity contribution in [3.05, 3.63) is 127 Å². The molecule has 10 rings (SSSR count). The largest absolute Gasteiger partial charge is 2.00 e. The van der Waals surface area contributed by atoms with Crippen LogP contribution in [0.1, 0.15) is 6.42 Å². The molecule has 6 aliphatic heterocycles. The predicted octanol–water partition coefficient (Wildman–Crippen LogP) is 6.02. The molecule has 4 saturated carbocycles. The van der Waals surface area contributed by atoms with Gasteiger partial charge in [-0.3, -0.25) is 0 Å². The van der Waals surface area contributed by atoms with Gasteiger partial charge in [-0.1, -0.05) is 0 Å². The fourth-order valence-electron chi connectivity index (χ4n) is 8.19. The third-order valence-corrected chi connectivity index (χ3v) is 23.7. The van der Waals surface area contributed by atoms with Gasteiger partial charge in [0, 0.05) is 78.5 Å². The van der Waals surface area contributed by atoms with Gasteiger partial charge in [-0.2, -0.15) is 13.5 Å². The summed E-state index contributed by atoms with van der Waals surface area (Å²) in [5, 5.41) is 0. The molecule has 0 bridgehead atoms. The maximum Gasteiger partial charge on any atom is 2.00 e. The molecule has 59 heavy (non-hydrogen) atoms. The van der Waals surface area contributed by atoms with Crippen molar-refractivity contribution in [2.45, 2.75) is 6.42 Å². The summed E-state index contributed by atoms with van der Waals surface area (Å²) in [6.07, 6.45) is 38.8. The molecule has 20 radical (unpaired) electrons. The van der Waals surface area contributed by atoms with E-state index in [2.05, 4.69) is 79.4 Å². The van der Waals surface area contributed by atoms with E-state index in [1.54, 1.807) is 0 Å². The third-order valence-electron chi connectivity index (χ3n) is 11.1. The Morgan fingerprint density at radius 1 is 0.356 bits per heavy atom. The zero-order chi connectivity index (χ0) is 38.6. The fraction of sp³-hybridized carbons (Fsp3) is 0.512. The average Bonchev–Trinajstić information content (AvgIpc) is 4.14. The van der Waals surface area contributed by atoms with Gasteiger partial charge >= 0.3 is 34.1 Å². The summed E-state index contributed by atoms with van der Waals surface area (Å²) in [6, 6.07) is 0. The van der Waals surface area contributed by atoms with Gasteiger partial charge in [-0.25, -0.2) is 28.0 Å². The molecule has 320 valence electrons. The van der Waals surface area contributed by atoms with Gasteiger partial charge in [0.15, 0.2) is 0 Å². The van der Waals surface area contributed by atoms with Gasteiger partial charge in [0.05, 0.1) is 52.9 Å². The first kappa shape index (κ1) is 49.8. The maximum absolute atomic E-state index is 6.35. The molecule has 0 unspecified atom stereocenters. The minimum Gasteiger partial charge on any atom is -0.379 e. The van der Waals surface area contributed by atoms with Gasteiger partial charge in [0.25, 0.3) is 0 Å². The molecule has 13 nitrogen and oxygen atoms in total. The maximum atomic E-state index is 6.35. The number of rotatable bonds is 8. The van der Waals surface area contributed by atoms with Crippen LogP contribution in [0.2, 0.25) is 0 Å². The standard InChI is InChI=1S/C31H50N9O4P3.2C5H5.2Fe/c1-2-7-30(6-1)28-39-10-5-11-40(29-31-8-3-4-9-31)47(39)33-45(35-12-20-41-21-13-35,36-14-22-42-23-15-36)32-46(34-47,37-16-24-43-25-17-37)38-18-26-44-27-19-38;2*1-2-4-5-3-1;;/h1-4,6-9H,5,10-29H2;2*1-5H;;/q;;;2*+2. The molecule has 18 heteroatoms. The summed E-state index contributed by atoms with van der Waals surface area (Å²) < 4.78 is 59.0. The second-order valence-corrected chi connectivity index (χ2v) is 23.5. The first-order valence-electron chi connectivity index (χ1n) is 20.7. The number of ether oxygens (including phenoxy) is 4. The van der Waals surface area contributed by atoms with E-state index < -0.39 is 22.5 Å². The van der Waals surface area contributed by atoms with Crippen molar-refractivity contribution in [2.24, 2.45) is 13.5 Å².